The Kier molecular flexibility index (Phi) is 9.61. The molecule has 0 bridgehead atoms. The molecule has 4 nitrogen and oxygen atoms in total. The molecule has 6 heteroatoms. The number of allylic oxidation sites excluding steroid dienone is 1. The van der Waals surface area contributed by atoms with Crippen LogP contribution in [0.5, 0.6) is 0 Å². The van der Waals surface area contributed by atoms with Crippen LogP contribution < -0.4 is 0 Å². The molecule has 0 radical (unpaired) electrons. The van der Waals surface area contributed by atoms with Crippen LogP contribution in [-0.4, -0.2) is 60.8 Å². The van der Waals surface area contributed by atoms with Crippen molar-refractivity contribution in [1.29, 1.82) is 0 Å². The largest absolute Gasteiger partial charge is 0.338 e. The van der Waals surface area contributed by atoms with E-state index < -0.39 is 6.67 Å². The Labute approximate surface area is 184 Å². The van der Waals surface area contributed by atoms with Crippen LogP contribution in [-0.2, 0) is 4.79 Å². The maximum atomic E-state index is 14.6. The van der Waals surface area contributed by atoms with Crippen molar-refractivity contribution in [3.63, 3.8) is 0 Å². The number of likely N-dealkylation sites (tertiary alicyclic amines) is 1. The number of benzene rings is 1. The molecule has 1 fully saturated rings. The van der Waals surface area contributed by atoms with Gasteiger partial charge in [0.25, 0.3) is 0 Å². The minimum atomic E-state index is -0.566. The summed E-state index contributed by atoms with van der Waals surface area (Å²) in [6, 6.07) is 5.12. The summed E-state index contributed by atoms with van der Waals surface area (Å²) in [5.41, 5.74) is 3.32. The first-order valence-electron chi connectivity index (χ1n) is 10.6. The number of hydrogen-bond donors (Lipinski definition) is 0. The van der Waals surface area contributed by atoms with Crippen LogP contribution in [0.1, 0.15) is 44.2 Å². The van der Waals surface area contributed by atoms with Crippen molar-refractivity contribution in [2.24, 2.45) is 4.99 Å². The topological polar surface area (TPSA) is 35.9 Å². The number of rotatable bonds is 6. The molecule has 1 aromatic rings. The molecular formula is C25H31F2N3O. The molecule has 2 aliphatic rings. The fourth-order valence-electron chi connectivity index (χ4n) is 3.71. The van der Waals surface area contributed by atoms with Gasteiger partial charge < -0.3 is 4.90 Å². The molecule has 0 aromatic heterocycles. The van der Waals surface area contributed by atoms with Crippen LogP contribution in [0.4, 0.5) is 8.78 Å². The number of carbonyl (C=O) groups excluding carboxylic acids is 1. The van der Waals surface area contributed by atoms with E-state index in [1.165, 1.54) is 25.1 Å². The summed E-state index contributed by atoms with van der Waals surface area (Å²) in [7, 11) is 0. The molecule has 1 amide bonds. The maximum absolute atomic E-state index is 14.6. The van der Waals surface area contributed by atoms with Crippen LogP contribution in [0.2, 0.25) is 0 Å². The molecule has 1 aromatic carbocycles. The second-order valence-corrected chi connectivity index (χ2v) is 7.82. The molecule has 0 saturated carbocycles. The highest BCUT2D eigenvalue weighted by atomic mass is 19.1. The molecule has 0 unspecified atom stereocenters. The van der Waals surface area contributed by atoms with Gasteiger partial charge in [-0.25, -0.2) is 8.78 Å². The van der Waals surface area contributed by atoms with Crippen LogP contribution in [0.15, 0.2) is 41.0 Å². The van der Waals surface area contributed by atoms with Crippen molar-refractivity contribution < 1.29 is 13.6 Å². The summed E-state index contributed by atoms with van der Waals surface area (Å²) in [5.74, 6) is -0.171. The lowest BCUT2D eigenvalue weighted by Gasteiger charge is -2.28. The first-order valence-corrected chi connectivity index (χ1v) is 10.6. The van der Waals surface area contributed by atoms with Crippen LogP contribution in [0.25, 0.3) is 5.57 Å². The molecule has 0 aliphatic carbocycles. The number of terminal acetylenes is 1. The predicted molar refractivity (Wildman–Crippen MR) is 123 cm³/mol. The first-order chi connectivity index (χ1) is 15.0. The SMILES string of the molecule is C#C.CC(=N/C=C(\C)CF)c1ccc(C2=CCN(C(=O)CN3CCCC3)CC2)cc1F. The zero-order chi connectivity index (χ0) is 22.8. The summed E-state index contributed by atoms with van der Waals surface area (Å²) in [6.07, 6.45) is 14.5. The van der Waals surface area contributed by atoms with Gasteiger partial charge in [0.2, 0.25) is 5.91 Å². The number of alkyl halides is 1. The Hall–Kier alpha value is -2.78. The van der Waals surface area contributed by atoms with E-state index in [0.717, 1.165) is 30.6 Å². The van der Waals surface area contributed by atoms with Gasteiger partial charge in [0.1, 0.15) is 12.5 Å². The Morgan fingerprint density at radius 2 is 1.90 bits per heavy atom. The number of halogens is 2. The lowest BCUT2D eigenvalue weighted by atomic mass is 9.97. The van der Waals surface area contributed by atoms with E-state index in [9.17, 15) is 13.6 Å². The fourth-order valence-corrected chi connectivity index (χ4v) is 3.71. The Balaban J connectivity index is 0.00000166. The van der Waals surface area contributed by atoms with E-state index in [4.69, 9.17) is 0 Å². The van der Waals surface area contributed by atoms with Gasteiger partial charge in [0.15, 0.2) is 0 Å². The minimum Gasteiger partial charge on any atom is -0.338 e. The molecule has 3 rings (SSSR count). The summed E-state index contributed by atoms with van der Waals surface area (Å²) in [4.78, 5) is 20.7. The number of hydrogen-bond acceptors (Lipinski definition) is 3. The van der Waals surface area contributed by atoms with Gasteiger partial charge in [0.05, 0.1) is 6.54 Å². The molecule has 0 atom stereocenters. The second-order valence-electron chi connectivity index (χ2n) is 7.82. The van der Waals surface area contributed by atoms with E-state index in [2.05, 4.69) is 22.7 Å². The standard InChI is InChI=1S/C23H29F2N3O.C2H2/c1-17(14-24)15-26-18(2)21-6-5-20(13-22(21)25)19-7-11-28(12-8-19)23(29)16-27-9-3-4-10-27;1-2/h5-7,13,15H,3-4,8-12,14,16H2,1-2H3;1-2H/b17-15+,26-18?;. The minimum absolute atomic E-state index is 0.173. The average Bonchev–Trinajstić information content (AvgIpc) is 3.31. The van der Waals surface area contributed by atoms with Gasteiger partial charge in [0, 0.05) is 30.6 Å². The summed E-state index contributed by atoms with van der Waals surface area (Å²) < 4.78 is 27.1. The molecule has 0 spiro atoms. The van der Waals surface area contributed by atoms with Crippen molar-refractivity contribution in [3.05, 3.63) is 53.0 Å². The molecule has 1 saturated heterocycles. The fraction of sp³-hybridized carbons (Fsp3) is 0.440. The van der Waals surface area contributed by atoms with Crippen LogP contribution in [0, 0.1) is 18.7 Å². The maximum Gasteiger partial charge on any atom is 0.237 e. The van der Waals surface area contributed by atoms with Crippen LogP contribution in [0.3, 0.4) is 0 Å². The van der Waals surface area contributed by atoms with Gasteiger partial charge in [-0.2, -0.15) is 0 Å². The third-order valence-electron chi connectivity index (χ3n) is 5.54. The van der Waals surface area contributed by atoms with Gasteiger partial charge in [-0.1, -0.05) is 12.1 Å². The number of nitrogens with zero attached hydrogens (tertiary/aromatic N) is 3. The van der Waals surface area contributed by atoms with E-state index >= 15 is 0 Å². The zero-order valence-electron chi connectivity index (χ0n) is 18.4. The Bertz CT molecular complexity index is 880. The summed E-state index contributed by atoms with van der Waals surface area (Å²) in [6.45, 7) is 6.55. The summed E-state index contributed by atoms with van der Waals surface area (Å²) >= 11 is 0. The van der Waals surface area contributed by atoms with Crippen molar-refractivity contribution in [2.75, 3.05) is 39.4 Å². The number of amides is 1. The molecule has 0 N–H and O–H groups in total. The molecule has 166 valence electrons. The second kappa shape index (κ2) is 12.2. The number of aliphatic imine (C=N–C) groups is 1. The highest BCUT2D eigenvalue weighted by Gasteiger charge is 2.22. The van der Waals surface area contributed by atoms with Crippen molar-refractivity contribution in [3.8, 4) is 12.8 Å². The Morgan fingerprint density at radius 1 is 1.19 bits per heavy atom. The monoisotopic (exact) mass is 427 g/mol. The lowest BCUT2D eigenvalue weighted by molar-refractivity contribution is -0.131. The third kappa shape index (κ3) is 6.86. The average molecular weight is 428 g/mol. The highest BCUT2D eigenvalue weighted by Crippen LogP contribution is 2.25. The first kappa shape index (κ1) is 24.5. The van der Waals surface area contributed by atoms with Crippen molar-refractivity contribution in [1.82, 2.24) is 9.80 Å². The molecule has 2 aliphatic heterocycles. The number of carbonyl (C=O) groups is 1. The zero-order valence-corrected chi connectivity index (χ0v) is 18.4. The molecule has 31 heavy (non-hydrogen) atoms. The van der Waals surface area contributed by atoms with Crippen molar-refractivity contribution >= 4 is 17.2 Å². The predicted octanol–water partition coefficient (Wildman–Crippen LogP) is 4.47. The quantitative estimate of drug-likeness (QED) is 0.496. The highest BCUT2D eigenvalue weighted by molar-refractivity contribution is 5.99. The normalized spacial score (nSPS) is 17.7. The van der Waals surface area contributed by atoms with Gasteiger partial charge in [-0.05, 0) is 75.0 Å². The van der Waals surface area contributed by atoms with Gasteiger partial charge in [-0.3, -0.25) is 14.7 Å². The summed E-state index contributed by atoms with van der Waals surface area (Å²) in [5, 5.41) is 0. The van der Waals surface area contributed by atoms with E-state index in [0.29, 0.717) is 36.5 Å². The van der Waals surface area contributed by atoms with E-state index in [1.54, 1.807) is 19.9 Å². The van der Waals surface area contributed by atoms with Crippen LogP contribution >= 0.6 is 0 Å². The van der Waals surface area contributed by atoms with E-state index in [1.807, 2.05) is 17.0 Å². The van der Waals surface area contributed by atoms with Crippen molar-refractivity contribution in [2.45, 2.75) is 33.1 Å². The van der Waals surface area contributed by atoms with E-state index in [-0.39, 0.29) is 11.7 Å². The lowest BCUT2D eigenvalue weighted by Crippen LogP contribution is -2.41. The smallest absolute Gasteiger partial charge is 0.237 e. The molecule has 2 heterocycles. The Morgan fingerprint density at radius 3 is 2.48 bits per heavy atom. The van der Waals surface area contributed by atoms with Gasteiger partial charge in [-0.15, -0.1) is 12.8 Å². The third-order valence-corrected chi connectivity index (χ3v) is 5.54. The molecular weight excluding hydrogens is 396 g/mol. The van der Waals surface area contributed by atoms with Gasteiger partial charge >= 0.3 is 0 Å².